The van der Waals surface area contributed by atoms with Gasteiger partial charge in [-0.25, -0.2) is 0 Å². The standard InChI is InChI=1S/C21H19N5O2/c1-26(13-16-12-17(25-28-16)14-8-4-2-5-9-14)21(27)19-18(20(22)24-23-19)15-10-6-3-7-11-15/h2-12H,13H2,1H3,(H3,22,23,24). The van der Waals surface area contributed by atoms with Crippen LogP contribution in [0.5, 0.6) is 0 Å². The monoisotopic (exact) mass is 373 g/mol. The third kappa shape index (κ3) is 3.37. The molecule has 3 N–H and O–H groups in total. The molecule has 0 radical (unpaired) electrons. The van der Waals surface area contributed by atoms with E-state index in [0.717, 1.165) is 16.8 Å². The van der Waals surface area contributed by atoms with E-state index in [-0.39, 0.29) is 18.3 Å². The first-order valence-corrected chi connectivity index (χ1v) is 8.79. The van der Waals surface area contributed by atoms with Gasteiger partial charge in [-0.15, -0.1) is 0 Å². The first-order valence-electron chi connectivity index (χ1n) is 8.79. The van der Waals surface area contributed by atoms with Crippen molar-refractivity contribution in [2.45, 2.75) is 6.54 Å². The van der Waals surface area contributed by atoms with E-state index in [9.17, 15) is 4.79 Å². The zero-order valence-corrected chi connectivity index (χ0v) is 15.3. The summed E-state index contributed by atoms with van der Waals surface area (Å²) in [7, 11) is 1.69. The average Bonchev–Trinajstić information content (AvgIpc) is 3.35. The average molecular weight is 373 g/mol. The molecular weight excluding hydrogens is 354 g/mol. The van der Waals surface area contributed by atoms with Gasteiger partial charge in [-0.1, -0.05) is 65.8 Å². The Bertz CT molecular complexity index is 1090. The van der Waals surface area contributed by atoms with Gasteiger partial charge in [0.25, 0.3) is 5.91 Å². The zero-order chi connectivity index (χ0) is 19.5. The molecule has 2 aromatic heterocycles. The van der Waals surface area contributed by atoms with E-state index in [0.29, 0.717) is 17.0 Å². The van der Waals surface area contributed by atoms with Crippen molar-refractivity contribution in [2.24, 2.45) is 0 Å². The fourth-order valence-corrected chi connectivity index (χ4v) is 3.04. The smallest absolute Gasteiger partial charge is 0.272 e. The van der Waals surface area contributed by atoms with Crippen LogP contribution in [0.1, 0.15) is 16.2 Å². The number of benzene rings is 2. The van der Waals surface area contributed by atoms with E-state index >= 15 is 0 Å². The van der Waals surface area contributed by atoms with Gasteiger partial charge in [-0.2, -0.15) is 5.10 Å². The summed E-state index contributed by atoms with van der Waals surface area (Å²) in [4.78, 5) is 14.5. The third-order valence-corrected chi connectivity index (χ3v) is 4.44. The van der Waals surface area contributed by atoms with E-state index in [1.165, 1.54) is 4.90 Å². The van der Waals surface area contributed by atoms with Crippen molar-refractivity contribution in [1.82, 2.24) is 20.3 Å². The fraction of sp³-hybridized carbons (Fsp3) is 0.0952. The maximum atomic E-state index is 13.0. The van der Waals surface area contributed by atoms with E-state index in [4.69, 9.17) is 10.3 Å². The number of amides is 1. The molecule has 4 rings (SSSR count). The molecule has 0 saturated carbocycles. The molecule has 4 aromatic rings. The van der Waals surface area contributed by atoms with Crippen LogP contribution in [-0.2, 0) is 6.54 Å². The molecule has 7 heteroatoms. The van der Waals surface area contributed by atoms with Crippen molar-refractivity contribution in [2.75, 3.05) is 12.8 Å². The summed E-state index contributed by atoms with van der Waals surface area (Å²) in [5, 5.41) is 10.9. The lowest BCUT2D eigenvalue weighted by atomic mass is 10.0. The maximum absolute atomic E-state index is 13.0. The molecule has 0 atom stereocenters. The van der Waals surface area contributed by atoms with Crippen molar-refractivity contribution in [1.29, 1.82) is 0 Å². The highest BCUT2D eigenvalue weighted by Gasteiger charge is 2.23. The lowest BCUT2D eigenvalue weighted by Crippen LogP contribution is -2.26. The number of anilines is 1. The predicted octanol–water partition coefficient (Wildman–Crippen LogP) is 3.59. The van der Waals surface area contributed by atoms with E-state index < -0.39 is 0 Å². The Kier molecular flexibility index (Phi) is 4.63. The minimum absolute atomic E-state index is 0.235. The highest BCUT2D eigenvalue weighted by Crippen LogP contribution is 2.28. The molecule has 0 bridgehead atoms. The molecule has 2 aromatic carbocycles. The quantitative estimate of drug-likeness (QED) is 0.557. The van der Waals surface area contributed by atoms with Crippen molar-refractivity contribution in [3.63, 3.8) is 0 Å². The summed E-state index contributed by atoms with van der Waals surface area (Å²) in [6.45, 7) is 0.270. The van der Waals surface area contributed by atoms with Gasteiger partial charge in [-0.3, -0.25) is 9.89 Å². The van der Waals surface area contributed by atoms with Gasteiger partial charge in [0.15, 0.2) is 11.6 Å². The molecule has 0 aliphatic rings. The second kappa shape index (κ2) is 7.40. The molecular formula is C21H19N5O2. The molecule has 0 unspecified atom stereocenters. The number of nitrogen functional groups attached to an aromatic ring is 1. The van der Waals surface area contributed by atoms with Gasteiger partial charge in [0, 0.05) is 18.7 Å². The zero-order valence-electron chi connectivity index (χ0n) is 15.3. The van der Waals surface area contributed by atoms with Crippen molar-refractivity contribution in [3.05, 3.63) is 78.2 Å². The molecule has 140 valence electrons. The summed E-state index contributed by atoms with van der Waals surface area (Å²) in [6, 6.07) is 21.0. The van der Waals surface area contributed by atoms with Crippen LogP contribution in [0, 0.1) is 0 Å². The Morgan fingerprint density at radius 2 is 1.71 bits per heavy atom. The number of aromatic nitrogens is 3. The van der Waals surface area contributed by atoms with Gasteiger partial charge >= 0.3 is 0 Å². The topological polar surface area (TPSA) is 101 Å². The molecule has 0 aliphatic carbocycles. The number of carbonyl (C=O) groups excluding carboxylic acids is 1. The molecule has 7 nitrogen and oxygen atoms in total. The minimum atomic E-state index is -0.235. The fourth-order valence-electron chi connectivity index (χ4n) is 3.04. The van der Waals surface area contributed by atoms with E-state index in [1.807, 2.05) is 66.7 Å². The second-order valence-corrected chi connectivity index (χ2v) is 6.43. The number of hydrogen-bond donors (Lipinski definition) is 2. The van der Waals surface area contributed by atoms with Gasteiger partial charge in [0.05, 0.1) is 12.1 Å². The van der Waals surface area contributed by atoms with Crippen molar-refractivity contribution in [3.8, 4) is 22.4 Å². The molecule has 0 aliphatic heterocycles. The van der Waals surface area contributed by atoms with Crippen LogP contribution in [0.25, 0.3) is 22.4 Å². The minimum Gasteiger partial charge on any atom is -0.382 e. The highest BCUT2D eigenvalue weighted by atomic mass is 16.5. The third-order valence-electron chi connectivity index (χ3n) is 4.44. The SMILES string of the molecule is CN(Cc1cc(-c2ccccc2)no1)C(=O)c1[nH]nc(N)c1-c1ccccc1. The van der Waals surface area contributed by atoms with Gasteiger partial charge < -0.3 is 15.2 Å². The molecule has 0 saturated heterocycles. The maximum Gasteiger partial charge on any atom is 0.272 e. The van der Waals surface area contributed by atoms with Crippen LogP contribution in [0.4, 0.5) is 5.82 Å². The Morgan fingerprint density at radius 1 is 1.07 bits per heavy atom. The van der Waals surface area contributed by atoms with Crippen molar-refractivity contribution < 1.29 is 9.32 Å². The van der Waals surface area contributed by atoms with E-state index in [1.54, 1.807) is 7.05 Å². The Morgan fingerprint density at radius 3 is 2.39 bits per heavy atom. The number of hydrogen-bond acceptors (Lipinski definition) is 5. The van der Waals surface area contributed by atoms with Crippen LogP contribution in [0.3, 0.4) is 0 Å². The highest BCUT2D eigenvalue weighted by molar-refractivity contribution is 6.01. The number of nitrogens with one attached hydrogen (secondary N) is 1. The van der Waals surface area contributed by atoms with Gasteiger partial charge in [0.2, 0.25) is 0 Å². The Hall–Kier alpha value is -3.87. The van der Waals surface area contributed by atoms with Crippen molar-refractivity contribution >= 4 is 11.7 Å². The number of H-pyrrole nitrogens is 1. The normalized spacial score (nSPS) is 10.8. The van der Waals surface area contributed by atoms with E-state index in [2.05, 4.69) is 15.4 Å². The molecule has 0 spiro atoms. The number of rotatable bonds is 5. The van der Waals surface area contributed by atoms with Crippen LogP contribution >= 0.6 is 0 Å². The molecule has 0 fully saturated rings. The Labute approximate surface area is 161 Å². The number of aromatic amines is 1. The molecule has 1 amide bonds. The summed E-state index contributed by atoms with van der Waals surface area (Å²) < 4.78 is 5.40. The first-order chi connectivity index (χ1) is 13.6. The van der Waals surface area contributed by atoms with Gasteiger partial charge in [-0.05, 0) is 5.56 Å². The molecule has 2 heterocycles. The van der Waals surface area contributed by atoms with Gasteiger partial charge in [0.1, 0.15) is 11.4 Å². The predicted molar refractivity (Wildman–Crippen MR) is 106 cm³/mol. The molecule has 28 heavy (non-hydrogen) atoms. The number of nitrogens with two attached hydrogens (primary N) is 1. The number of carbonyl (C=O) groups is 1. The second-order valence-electron chi connectivity index (χ2n) is 6.43. The largest absolute Gasteiger partial charge is 0.382 e. The summed E-state index contributed by atoms with van der Waals surface area (Å²) in [5.74, 6) is 0.637. The first kappa shape index (κ1) is 17.5. The number of nitrogens with zero attached hydrogens (tertiary/aromatic N) is 3. The summed E-state index contributed by atoms with van der Waals surface area (Å²) in [5.41, 5.74) is 9.45. The summed E-state index contributed by atoms with van der Waals surface area (Å²) >= 11 is 0. The summed E-state index contributed by atoms with van der Waals surface area (Å²) in [6.07, 6.45) is 0. The van der Waals surface area contributed by atoms with Crippen LogP contribution < -0.4 is 5.73 Å². The van der Waals surface area contributed by atoms with Crippen LogP contribution in [-0.4, -0.2) is 33.2 Å². The lowest BCUT2D eigenvalue weighted by molar-refractivity contribution is 0.0767. The Balaban J connectivity index is 1.55. The lowest BCUT2D eigenvalue weighted by Gasteiger charge is -2.15. The van der Waals surface area contributed by atoms with Crippen LogP contribution in [0.2, 0.25) is 0 Å². The van der Waals surface area contributed by atoms with Crippen LogP contribution in [0.15, 0.2) is 71.3 Å².